The van der Waals surface area contributed by atoms with Gasteiger partial charge in [-0.3, -0.25) is 4.79 Å². The van der Waals surface area contributed by atoms with Crippen molar-refractivity contribution in [2.24, 2.45) is 47.3 Å². The van der Waals surface area contributed by atoms with Crippen LogP contribution in [0.3, 0.4) is 0 Å². The Hall–Kier alpha value is -0.330. The third-order valence-electron chi connectivity index (χ3n) is 5.72. The molecule has 6 fully saturated rings. The molecular formula is C10H10O. The molecule has 0 N–H and O–H groups in total. The standard InChI is InChI=1S/C10H10O/c11-10-7-3-1-2-4-5(3)9(10)8(4)6(2)7/h2-9H,1H2/t2-,3+,4+,5-,6+,7+,8-,9-/m1/s1. The minimum Gasteiger partial charge on any atom is -0.299 e. The van der Waals surface area contributed by atoms with Gasteiger partial charge in [0.05, 0.1) is 0 Å². The van der Waals surface area contributed by atoms with E-state index in [1.54, 1.807) is 0 Å². The molecule has 0 spiro atoms. The average Bonchev–Trinajstić information content (AvgIpc) is 2.40. The van der Waals surface area contributed by atoms with Crippen LogP contribution in [0, 0.1) is 47.3 Å². The predicted octanol–water partition coefficient (Wildman–Crippen LogP) is 0.943. The van der Waals surface area contributed by atoms with Gasteiger partial charge in [0.2, 0.25) is 0 Å². The fourth-order valence-electron chi connectivity index (χ4n) is 5.83. The van der Waals surface area contributed by atoms with Gasteiger partial charge in [0.25, 0.3) is 0 Å². The van der Waals surface area contributed by atoms with Crippen LogP contribution in [0.15, 0.2) is 0 Å². The van der Waals surface area contributed by atoms with Gasteiger partial charge in [0, 0.05) is 11.8 Å². The summed E-state index contributed by atoms with van der Waals surface area (Å²) in [6.07, 6.45) is 1.45. The number of carbonyl (C=O) groups is 1. The summed E-state index contributed by atoms with van der Waals surface area (Å²) in [4.78, 5) is 11.7. The van der Waals surface area contributed by atoms with Crippen molar-refractivity contribution >= 4 is 5.78 Å². The molecule has 6 saturated carbocycles. The maximum atomic E-state index is 11.7. The van der Waals surface area contributed by atoms with Gasteiger partial charge in [-0.05, 0) is 41.9 Å². The Morgan fingerprint density at radius 3 is 2.36 bits per heavy atom. The number of hydrogen-bond acceptors (Lipinski definition) is 1. The first-order valence-corrected chi connectivity index (χ1v) is 4.93. The second kappa shape index (κ2) is 0.949. The zero-order valence-electron chi connectivity index (χ0n) is 6.23. The third kappa shape index (κ3) is 0.213. The predicted molar refractivity (Wildman–Crippen MR) is 37.5 cm³/mol. The van der Waals surface area contributed by atoms with Crippen LogP contribution in [0.5, 0.6) is 0 Å². The maximum Gasteiger partial charge on any atom is 0.140 e. The summed E-state index contributed by atoms with van der Waals surface area (Å²) in [5.74, 6) is 7.70. The van der Waals surface area contributed by atoms with E-state index >= 15 is 0 Å². The van der Waals surface area contributed by atoms with E-state index in [1.165, 1.54) is 6.42 Å². The van der Waals surface area contributed by atoms with E-state index in [-0.39, 0.29) is 0 Å². The van der Waals surface area contributed by atoms with Gasteiger partial charge in [-0.15, -0.1) is 0 Å². The molecule has 6 rings (SSSR count). The Bertz CT molecular complexity index is 304. The Balaban J connectivity index is 1.94. The first-order valence-electron chi connectivity index (χ1n) is 4.93. The SMILES string of the molecule is O=C1[C@H]2[C@@H]3[C@H]4[C@H]5C[C@H]([C@H]1[C@H]53)[C@@H]24. The minimum atomic E-state index is 0.602. The molecule has 0 aromatic rings. The van der Waals surface area contributed by atoms with E-state index in [0.29, 0.717) is 17.6 Å². The summed E-state index contributed by atoms with van der Waals surface area (Å²) in [5, 5.41) is 0. The lowest BCUT2D eigenvalue weighted by molar-refractivity contribution is -0.170. The first-order chi connectivity index (χ1) is 5.39. The van der Waals surface area contributed by atoms with Crippen molar-refractivity contribution in [1.29, 1.82) is 0 Å². The molecule has 0 radical (unpaired) electrons. The van der Waals surface area contributed by atoms with Crippen molar-refractivity contribution in [2.75, 3.05) is 0 Å². The van der Waals surface area contributed by atoms with Crippen LogP contribution in [0.2, 0.25) is 0 Å². The van der Waals surface area contributed by atoms with Crippen LogP contribution in [-0.4, -0.2) is 5.78 Å². The highest BCUT2D eigenvalue weighted by atomic mass is 16.1. The molecule has 0 heterocycles. The zero-order chi connectivity index (χ0) is 6.90. The van der Waals surface area contributed by atoms with Gasteiger partial charge in [-0.1, -0.05) is 0 Å². The summed E-state index contributed by atoms with van der Waals surface area (Å²) in [6, 6.07) is 0. The van der Waals surface area contributed by atoms with Gasteiger partial charge in [0.15, 0.2) is 0 Å². The first kappa shape index (κ1) is 4.64. The molecule has 0 aromatic heterocycles. The van der Waals surface area contributed by atoms with Crippen molar-refractivity contribution < 1.29 is 4.79 Å². The van der Waals surface area contributed by atoms with Crippen LogP contribution in [0.25, 0.3) is 0 Å². The molecule has 1 nitrogen and oxygen atoms in total. The molecule has 6 aliphatic carbocycles. The van der Waals surface area contributed by atoms with E-state index in [9.17, 15) is 4.79 Å². The minimum absolute atomic E-state index is 0.602. The molecule has 11 heavy (non-hydrogen) atoms. The molecule has 1 heteroatoms. The lowest BCUT2D eigenvalue weighted by Crippen LogP contribution is -2.60. The Morgan fingerprint density at radius 2 is 1.73 bits per heavy atom. The van der Waals surface area contributed by atoms with Crippen molar-refractivity contribution in [3.63, 3.8) is 0 Å². The zero-order valence-corrected chi connectivity index (χ0v) is 6.23. The number of Topliss-reactive ketones (excluding diaryl/α,β-unsaturated/α-hetero) is 1. The normalized spacial score (nSPS) is 84.2. The van der Waals surface area contributed by atoms with Crippen molar-refractivity contribution in [2.45, 2.75) is 6.42 Å². The molecule has 56 valence electrons. The van der Waals surface area contributed by atoms with E-state index in [0.717, 1.165) is 35.5 Å². The van der Waals surface area contributed by atoms with E-state index < -0.39 is 0 Å². The molecular weight excluding hydrogens is 136 g/mol. The lowest BCUT2D eigenvalue weighted by Gasteiger charge is -2.62. The second-order valence-electron chi connectivity index (χ2n) is 5.33. The van der Waals surface area contributed by atoms with Gasteiger partial charge in [-0.2, -0.15) is 0 Å². The highest BCUT2D eigenvalue weighted by Crippen LogP contribution is 2.87. The molecule has 8 atom stereocenters. The van der Waals surface area contributed by atoms with Gasteiger partial charge in [-0.25, -0.2) is 0 Å². The van der Waals surface area contributed by atoms with Gasteiger partial charge < -0.3 is 0 Å². The highest BCUT2D eigenvalue weighted by Gasteiger charge is 2.87. The van der Waals surface area contributed by atoms with Gasteiger partial charge >= 0.3 is 0 Å². The van der Waals surface area contributed by atoms with E-state index in [2.05, 4.69) is 0 Å². The second-order valence-corrected chi connectivity index (χ2v) is 5.33. The fourth-order valence-corrected chi connectivity index (χ4v) is 5.83. The lowest BCUT2D eigenvalue weighted by atomic mass is 9.41. The van der Waals surface area contributed by atoms with Crippen LogP contribution in [0.1, 0.15) is 6.42 Å². The largest absolute Gasteiger partial charge is 0.299 e. The Kier molecular flexibility index (Phi) is 0.400. The van der Waals surface area contributed by atoms with Crippen molar-refractivity contribution in [3.05, 3.63) is 0 Å². The summed E-state index contributed by atoms with van der Waals surface area (Å²) in [5.41, 5.74) is 0. The van der Waals surface area contributed by atoms with Crippen molar-refractivity contribution in [1.82, 2.24) is 0 Å². The maximum absolute atomic E-state index is 11.7. The number of rotatable bonds is 0. The fraction of sp³-hybridized carbons (Fsp3) is 0.900. The number of hydrogen-bond donors (Lipinski definition) is 0. The smallest absolute Gasteiger partial charge is 0.140 e. The molecule has 0 aliphatic heterocycles. The highest BCUT2D eigenvalue weighted by molar-refractivity contribution is 5.93. The average molecular weight is 146 g/mol. The third-order valence-corrected chi connectivity index (χ3v) is 5.72. The van der Waals surface area contributed by atoms with E-state index in [4.69, 9.17) is 0 Å². The Labute approximate surface area is 65.2 Å². The summed E-state index contributed by atoms with van der Waals surface area (Å²) >= 11 is 0. The topological polar surface area (TPSA) is 17.1 Å². The molecule has 0 unspecified atom stereocenters. The van der Waals surface area contributed by atoms with Crippen molar-refractivity contribution in [3.8, 4) is 0 Å². The van der Waals surface area contributed by atoms with Gasteiger partial charge in [0.1, 0.15) is 5.78 Å². The molecule has 4 bridgehead atoms. The summed E-state index contributed by atoms with van der Waals surface area (Å²) in [6.45, 7) is 0. The van der Waals surface area contributed by atoms with E-state index in [1.807, 2.05) is 0 Å². The van der Waals surface area contributed by atoms with Crippen LogP contribution in [0.4, 0.5) is 0 Å². The van der Waals surface area contributed by atoms with Crippen LogP contribution >= 0.6 is 0 Å². The van der Waals surface area contributed by atoms with Crippen LogP contribution < -0.4 is 0 Å². The molecule has 0 aromatic carbocycles. The summed E-state index contributed by atoms with van der Waals surface area (Å²) < 4.78 is 0. The Morgan fingerprint density at radius 1 is 0.909 bits per heavy atom. The summed E-state index contributed by atoms with van der Waals surface area (Å²) in [7, 11) is 0. The molecule has 6 aliphatic rings. The monoisotopic (exact) mass is 146 g/mol. The molecule has 0 saturated heterocycles. The number of carbonyl (C=O) groups excluding carboxylic acids is 1. The van der Waals surface area contributed by atoms with Crippen LogP contribution in [-0.2, 0) is 4.79 Å². The molecule has 0 amide bonds. The quantitative estimate of drug-likeness (QED) is 0.497. The number of ketones is 1.